The molecule has 7 heteroatoms. The van der Waals surface area contributed by atoms with Crippen molar-refractivity contribution in [3.63, 3.8) is 0 Å². The molecule has 0 spiro atoms. The Morgan fingerprint density at radius 1 is 1.19 bits per heavy atom. The third-order valence-corrected chi connectivity index (χ3v) is 3.56. The lowest BCUT2D eigenvalue weighted by Gasteiger charge is -2.08. The van der Waals surface area contributed by atoms with Gasteiger partial charge < -0.3 is 15.4 Å². The molecule has 1 amide bonds. The number of nitrogens with zero attached hydrogens (tertiary/aromatic N) is 1. The standard InChI is InChI=1S/C14H13BrN2O4/c15-9-2-1-8-5-12(14(16)21)17(11(8)6-9)7-10(18)3-4-13(19)20/h1-2,5-6H,3-4,7H2,(H2,16,21)(H,19,20). The smallest absolute Gasteiger partial charge is 0.303 e. The number of amides is 1. The molecule has 21 heavy (non-hydrogen) atoms. The quantitative estimate of drug-likeness (QED) is 0.828. The van der Waals surface area contributed by atoms with E-state index in [1.165, 1.54) is 4.57 Å². The fourth-order valence-electron chi connectivity index (χ4n) is 2.10. The van der Waals surface area contributed by atoms with Crippen molar-refractivity contribution in [2.75, 3.05) is 0 Å². The molecule has 0 aliphatic rings. The van der Waals surface area contributed by atoms with Crippen molar-refractivity contribution in [2.45, 2.75) is 19.4 Å². The Balaban J connectivity index is 2.38. The molecule has 0 unspecified atom stereocenters. The number of halogens is 1. The van der Waals surface area contributed by atoms with Gasteiger partial charge in [-0.15, -0.1) is 0 Å². The summed E-state index contributed by atoms with van der Waals surface area (Å²) in [5, 5.41) is 9.39. The van der Waals surface area contributed by atoms with E-state index in [9.17, 15) is 14.4 Å². The summed E-state index contributed by atoms with van der Waals surface area (Å²) in [5.41, 5.74) is 6.26. The van der Waals surface area contributed by atoms with Gasteiger partial charge in [0.2, 0.25) is 0 Å². The van der Waals surface area contributed by atoms with Gasteiger partial charge in [-0.2, -0.15) is 0 Å². The van der Waals surface area contributed by atoms with Gasteiger partial charge in [-0.3, -0.25) is 14.4 Å². The number of nitrogens with two attached hydrogens (primary N) is 1. The summed E-state index contributed by atoms with van der Waals surface area (Å²) in [6.45, 7) is -0.0779. The van der Waals surface area contributed by atoms with Crippen LogP contribution in [0.5, 0.6) is 0 Å². The minimum Gasteiger partial charge on any atom is -0.481 e. The average molecular weight is 353 g/mol. The predicted octanol–water partition coefficient (Wildman–Crippen LogP) is 1.94. The van der Waals surface area contributed by atoms with Crippen LogP contribution in [0.2, 0.25) is 0 Å². The van der Waals surface area contributed by atoms with Gasteiger partial charge in [-0.25, -0.2) is 0 Å². The third kappa shape index (κ3) is 3.49. The maximum Gasteiger partial charge on any atom is 0.303 e. The lowest BCUT2D eigenvalue weighted by atomic mass is 10.2. The van der Waals surface area contributed by atoms with Crippen LogP contribution in [0, 0.1) is 0 Å². The zero-order chi connectivity index (χ0) is 15.6. The van der Waals surface area contributed by atoms with E-state index in [4.69, 9.17) is 10.8 Å². The summed E-state index contributed by atoms with van der Waals surface area (Å²) in [4.78, 5) is 33.9. The molecule has 1 heterocycles. The average Bonchev–Trinajstić information content (AvgIpc) is 2.75. The molecule has 0 aliphatic carbocycles. The van der Waals surface area contributed by atoms with Crippen LogP contribution in [0.4, 0.5) is 0 Å². The topological polar surface area (TPSA) is 102 Å². The summed E-state index contributed by atoms with van der Waals surface area (Å²) >= 11 is 3.34. The summed E-state index contributed by atoms with van der Waals surface area (Å²) in [7, 11) is 0. The highest BCUT2D eigenvalue weighted by Crippen LogP contribution is 2.24. The van der Waals surface area contributed by atoms with Crippen LogP contribution in [0.15, 0.2) is 28.7 Å². The Labute approximate surface area is 128 Å². The van der Waals surface area contributed by atoms with E-state index in [2.05, 4.69) is 15.9 Å². The van der Waals surface area contributed by atoms with Crippen molar-refractivity contribution in [3.05, 3.63) is 34.4 Å². The van der Waals surface area contributed by atoms with Crippen LogP contribution >= 0.6 is 15.9 Å². The molecule has 2 aromatic rings. The molecule has 0 bridgehead atoms. The molecule has 1 aromatic carbocycles. The third-order valence-electron chi connectivity index (χ3n) is 3.07. The Kier molecular flexibility index (Phi) is 4.42. The Morgan fingerprint density at radius 3 is 2.52 bits per heavy atom. The van der Waals surface area contributed by atoms with Crippen molar-refractivity contribution in [3.8, 4) is 0 Å². The first-order chi connectivity index (χ1) is 9.88. The molecule has 1 aromatic heterocycles. The number of aliphatic carboxylic acids is 1. The monoisotopic (exact) mass is 352 g/mol. The van der Waals surface area contributed by atoms with E-state index in [0.717, 1.165) is 9.86 Å². The number of carboxylic acid groups (broad SMARTS) is 1. The molecule has 0 atom stereocenters. The number of primary amides is 1. The molecule has 2 rings (SSSR count). The van der Waals surface area contributed by atoms with E-state index < -0.39 is 11.9 Å². The maximum absolute atomic E-state index is 11.9. The minimum atomic E-state index is -1.03. The number of ketones is 1. The number of hydrogen-bond acceptors (Lipinski definition) is 3. The highest BCUT2D eigenvalue weighted by molar-refractivity contribution is 9.10. The second-order valence-electron chi connectivity index (χ2n) is 4.62. The molecule has 0 saturated heterocycles. The number of fused-ring (bicyclic) bond motifs is 1. The fraction of sp³-hybridized carbons (Fsp3) is 0.214. The molecule has 0 aliphatic heterocycles. The van der Waals surface area contributed by atoms with Gasteiger partial charge in [0.1, 0.15) is 5.69 Å². The van der Waals surface area contributed by atoms with Crippen LogP contribution in [0.25, 0.3) is 10.9 Å². The summed E-state index contributed by atoms with van der Waals surface area (Å²) in [6, 6.07) is 7.04. The number of carboxylic acids is 1. The number of benzene rings is 1. The van der Waals surface area contributed by atoms with E-state index >= 15 is 0 Å². The largest absolute Gasteiger partial charge is 0.481 e. The zero-order valence-electron chi connectivity index (χ0n) is 11.0. The second-order valence-corrected chi connectivity index (χ2v) is 5.53. The van der Waals surface area contributed by atoms with E-state index in [0.29, 0.717) is 5.52 Å². The van der Waals surface area contributed by atoms with Crippen molar-refractivity contribution < 1.29 is 19.5 Å². The SMILES string of the molecule is NC(=O)c1cc2ccc(Br)cc2n1CC(=O)CCC(=O)O. The van der Waals surface area contributed by atoms with E-state index in [-0.39, 0.29) is 30.9 Å². The highest BCUT2D eigenvalue weighted by Gasteiger charge is 2.16. The van der Waals surface area contributed by atoms with Crippen molar-refractivity contribution in [1.82, 2.24) is 4.57 Å². The van der Waals surface area contributed by atoms with Gasteiger partial charge in [-0.05, 0) is 18.2 Å². The van der Waals surface area contributed by atoms with Crippen LogP contribution in [0.3, 0.4) is 0 Å². The van der Waals surface area contributed by atoms with Crippen LogP contribution in [0.1, 0.15) is 23.3 Å². The van der Waals surface area contributed by atoms with Gasteiger partial charge in [0.05, 0.1) is 18.5 Å². The van der Waals surface area contributed by atoms with E-state index in [1.54, 1.807) is 12.1 Å². The van der Waals surface area contributed by atoms with E-state index in [1.807, 2.05) is 12.1 Å². The van der Waals surface area contributed by atoms with Crippen LogP contribution in [-0.4, -0.2) is 27.3 Å². The normalized spacial score (nSPS) is 10.7. The fourth-order valence-corrected chi connectivity index (χ4v) is 2.45. The van der Waals surface area contributed by atoms with Gasteiger partial charge in [0.25, 0.3) is 5.91 Å². The van der Waals surface area contributed by atoms with Crippen LogP contribution in [-0.2, 0) is 16.1 Å². The van der Waals surface area contributed by atoms with Gasteiger partial charge in [0, 0.05) is 16.3 Å². The van der Waals surface area contributed by atoms with Crippen LogP contribution < -0.4 is 5.73 Å². The molecular weight excluding hydrogens is 340 g/mol. The van der Waals surface area contributed by atoms with Gasteiger partial charge >= 0.3 is 5.97 Å². The number of Topliss-reactive ketones (excluding diaryl/α,β-unsaturated/α-hetero) is 1. The minimum absolute atomic E-state index is 0.0779. The number of carbonyl (C=O) groups excluding carboxylic acids is 2. The van der Waals surface area contributed by atoms with Gasteiger partial charge in [0.15, 0.2) is 5.78 Å². The summed E-state index contributed by atoms with van der Waals surface area (Å²) < 4.78 is 2.33. The first-order valence-corrected chi connectivity index (χ1v) is 7.00. The molecule has 110 valence electrons. The Morgan fingerprint density at radius 2 is 1.90 bits per heavy atom. The molecular formula is C14H13BrN2O4. The van der Waals surface area contributed by atoms with Crippen molar-refractivity contribution in [1.29, 1.82) is 0 Å². The lowest BCUT2D eigenvalue weighted by molar-refractivity contribution is -0.138. The molecule has 3 N–H and O–H groups in total. The predicted molar refractivity (Wildman–Crippen MR) is 80.0 cm³/mol. The number of hydrogen-bond donors (Lipinski definition) is 2. The molecule has 6 nitrogen and oxygen atoms in total. The zero-order valence-corrected chi connectivity index (χ0v) is 12.6. The number of aromatic nitrogens is 1. The van der Waals surface area contributed by atoms with Gasteiger partial charge in [-0.1, -0.05) is 22.0 Å². The molecule has 0 radical (unpaired) electrons. The summed E-state index contributed by atoms with van der Waals surface area (Å²) in [6.07, 6.45) is -0.311. The maximum atomic E-state index is 11.9. The summed E-state index contributed by atoms with van der Waals surface area (Å²) in [5.74, 6) is -1.93. The number of carbonyl (C=O) groups is 3. The van der Waals surface area contributed by atoms with Crippen molar-refractivity contribution in [2.24, 2.45) is 5.73 Å². The first kappa shape index (κ1) is 15.2. The lowest BCUT2D eigenvalue weighted by Crippen LogP contribution is -2.20. The van der Waals surface area contributed by atoms with Crippen molar-refractivity contribution >= 4 is 44.5 Å². The Bertz CT molecular complexity index is 736. The second kappa shape index (κ2) is 6.09. The number of rotatable bonds is 6. The molecule has 0 fully saturated rings. The Hall–Kier alpha value is -2.15. The molecule has 0 saturated carbocycles. The first-order valence-electron chi connectivity index (χ1n) is 6.20. The highest BCUT2D eigenvalue weighted by atomic mass is 79.9.